The molecule has 174 valence electrons. The first-order valence-electron chi connectivity index (χ1n) is 11.1. The molecule has 0 radical (unpaired) electrons. The predicted molar refractivity (Wildman–Crippen MR) is 127 cm³/mol. The Morgan fingerprint density at radius 3 is 2.24 bits per heavy atom. The van der Waals surface area contributed by atoms with Crippen molar-refractivity contribution in [1.82, 2.24) is 10.6 Å². The van der Waals surface area contributed by atoms with Gasteiger partial charge in [0.15, 0.2) is 0 Å². The molecule has 0 saturated heterocycles. The number of hydrogen-bond donors (Lipinski definition) is 3. The topological polar surface area (TPSA) is 105 Å². The molecule has 2 aromatic carbocycles. The van der Waals surface area contributed by atoms with Crippen molar-refractivity contribution >= 4 is 29.7 Å². The van der Waals surface area contributed by atoms with E-state index in [1.54, 1.807) is 11.8 Å². The number of fused-ring (bicyclic) bond motifs is 3. The minimum Gasteiger partial charge on any atom is -0.481 e. The van der Waals surface area contributed by atoms with Crippen molar-refractivity contribution in [2.75, 3.05) is 18.6 Å². The minimum absolute atomic E-state index is 0.0513. The third-order valence-corrected chi connectivity index (χ3v) is 7.04. The normalized spacial score (nSPS) is 19.5. The number of thioether (sulfide) groups is 1. The fraction of sp³-hybridized carbons (Fsp3) is 0.400. The molecule has 2 aliphatic rings. The zero-order valence-corrected chi connectivity index (χ0v) is 19.3. The fourth-order valence-electron chi connectivity index (χ4n) is 4.53. The first-order valence-corrected chi connectivity index (χ1v) is 12.5. The van der Waals surface area contributed by atoms with Gasteiger partial charge >= 0.3 is 12.1 Å². The van der Waals surface area contributed by atoms with Crippen molar-refractivity contribution in [3.05, 3.63) is 59.7 Å². The molecule has 1 atom stereocenters. The van der Waals surface area contributed by atoms with E-state index in [1.807, 2.05) is 30.5 Å². The van der Waals surface area contributed by atoms with Gasteiger partial charge < -0.3 is 20.5 Å². The highest BCUT2D eigenvalue weighted by Gasteiger charge is 2.36. The van der Waals surface area contributed by atoms with Crippen LogP contribution in [0.3, 0.4) is 0 Å². The number of aliphatic carboxylic acids is 1. The number of carboxylic acid groups (broad SMARTS) is 1. The molecule has 1 fully saturated rings. The van der Waals surface area contributed by atoms with Crippen LogP contribution < -0.4 is 10.6 Å². The number of ether oxygens (including phenoxy) is 1. The molecule has 1 unspecified atom stereocenters. The summed E-state index contributed by atoms with van der Waals surface area (Å²) >= 11 is 1.59. The average Bonchev–Trinajstić information content (AvgIpc) is 3.10. The van der Waals surface area contributed by atoms with Crippen LogP contribution in [0.15, 0.2) is 48.5 Å². The van der Waals surface area contributed by atoms with Crippen LogP contribution in [0.5, 0.6) is 0 Å². The standard InChI is InChI=1S/C25H28N2O5S/c1-33-11-10-22(23(28)26-16-12-15(13-16)24(29)30)27-25(31)32-14-21-19-8-4-2-6-17(19)18-7-3-5-9-20(18)21/h2-9,15-16,21-22H,10-14H2,1H3,(H,26,28)(H,27,31)(H,29,30). The van der Waals surface area contributed by atoms with Crippen LogP contribution in [-0.2, 0) is 14.3 Å². The van der Waals surface area contributed by atoms with E-state index in [-0.39, 0.29) is 24.5 Å². The van der Waals surface area contributed by atoms with Crippen LogP contribution in [0.2, 0.25) is 0 Å². The maximum atomic E-state index is 12.7. The van der Waals surface area contributed by atoms with E-state index in [4.69, 9.17) is 9.84 Å². The van der Waals surface area contributed by atoms with Gasteiger partial charge in [0.2, 0.25) is 5.91 Å². The number of alkyl carbamates (subject to hydrolysis) is 1. The number of benzene rings is 2. The molecule has 3 N–H and O–H groups in total. The van der Waals surface area contributed by atoms with E-state index >= 15 is 0 Å². The SMILES string of the molecule is CSCCC(NC(=O)OCC1c2ccccc2-c2ccccc21)C(=O)NC1CC(C(=O)O)C1. The van der Waals surface area contributed by atoms with Crippen LogP contribution in [0.1, 0.15) is 36.3 Å². The van der Waals surface area contributed by atoms with Gasteiger partial charge in [-0.15, -0.1) is 0 Å². The summed E-state index contributed by atoms with van der Waals surface area (Å²) in [6.45, 7) is 0.180. The van der Waals surface area contributed by atoms with E-state index in [2.05, 4.69) is 34.9 Å². The Bertz CT molecular complexity index is 991. The molecule has 7 nitrogen and oxygen atoms in total. The van der Waals surface area contributed by atoms with Crippen LogP contribution in [0, 0.1) is 5.92 Å². The molecule has 0 spiro atoms. The molecule has 8 heteroatoms. The van der Waals surface area contributed by atoms with Crippen LogP contribution >= 0.6 is 11.8 Å². The lowest BCUT2D eigenvalue weighted by Crippen LogP contribution is -2.54. The van der Waals surface area contributed by atoms with E-state index in [1.165, 1.54) is 0 Å². The first-order chi connectivity index (χ1) is 16.0. The third kappa shape index (κ3) is 5.16. The number of carbonyl (C=O) groups excluding carboxylic acids is 2. The van der Waals surface area contributed by atoms with Gasteiger partial charge in [-0.1, -0.05) is 48.5 Å². The van der Waals surface area contributed by atoms with Crippen molar-refractivity contribution in [2.45, 2.75) is 37.3 Å². The van der Waals surface area contributed by atoms with Crippen LogP contribution in [-0.4, -0.2) is 53.8 Å². The second kappa shape index (κ2) is 10.3. The van der Waals surface area contributed by atoms with E-state index in [0.29, 0.717) is 25.0 Å². The minimum atomic E-state index is -0.837. The second-order valence-electron chi connectivity index (χ2n) is 8.52. The maximum Gasteiger partial charge on any atom is 0.407 e. The number of rotatable bonds is 9. The molecule has 0 heterocycles. The summed E-state index contributed by atoms with van der Waals surface area (Å²) < 4.78 is 5.58. The lowest BCUT2D eigenvalue weighted by Gasteiger charge is -2.34. The van der Waals surface area contributed by atoms with Gasteiger partial charge in [0, 0.05) is 12.0 Å². The lowest BCUT2D eigenvalue weighted by molar-refractivity contribution is -0.146. The van der Waals surface area contributed by atoms with Gasteiger partial charge in [0.25, 0.3) is 0 Å². The number of carbonyl (C=O) groups is 3. The summed E-state index contributed by atoms with van der Waals surface area (Å²) in [6.07, 6.45) is 2.61. The van der Waals surface area contributed by atoms with Gasteiger partial charge in [-0.2, -0.15) is 11.8 Å². The molecule has 4 rings (SSSR count). The van der Waals surface area contributed by atoms with Crippen LogP contribution in [0.4, 0.5) is 4.79 Å². The van der Waals surface area contributed by atoms with Crippen LogP contribution in [0.25, 0.3) is 11.1 Å². The highest BCUT2D eigenvalue weighted by atomic mass is 32.2. The molecule has 0 aromatic heterocycles. The summed E-state index contributed by atoms with van der Waals surface area (Å²) in [5.41, 5.74) is 4.56. The Morgan fingerprint density at radius 2 is 1.67 bits per heavy atom. The number of nitrogens with one attached hydrogen (secondary N) is 2. The molecule has 2 aliphatic carbocycles. The second-order valence-corrected chi connectivity index (χ2v) is 9.50. The highest BCUT2D eigenvalue weighted by Crippen LogP contribution is 2.44. The summed E-state index contributed by atoms with van der Waals surface area (Å²) in [4.78, 5) is 36.3. The van der Waals surface area contributed by atoms with E-state index < -0.39 is 24.0 Å². The summed E-state index contributed by atoms with van der Waals surface area (Å²) in [5.74, 6) is -0.897. The third-order valence-electron chi connectivity index (χ3n) is 6.40. The Labute approximate surface area is 197 Å². The van der Waals surface area contributed by atoms with Gasteiger partial charge in [-0.3, -0.25) is 9.59 Å². The molecular weight excluding hydrogens is 440 g/mol. The summed E-state index contributed by atoms with van der Waals surface area (Å²) in [7, 11) is 0. The van der Waals surface area contributed by atoms with Gasteiger partial charge in [0.1, 0.15) is 12.6 Å². The van der Waals surface area contributed by atoms with E-state index in [9.17, 15) is 14.4 Å². The molecule has 33 heavy (non-hydrogen) atoms. The van der Waals surface area contributed by atoms with Crippen molar-refractivity contribution < 1.29 is 24.2 Å². The Kier molecular flexibility index (Phi) is 7.23. The highest BCUT2D eigenvalue weighted by molar-refractivity contribution is 7.98. The van der Waals surface area contributed by atoms with Crippen molar-refractivity contribution in [3.8, 4) is 11.1 Å². The Hall–Kier alpha value is -3.00. The number of carboxylic acids is 1. The lowest BCUT2D eigenvalue weighted by atomic mass is 9.80. The van der Waals surface area contributed by atoms with Crippen molar-refractivity contribution in [2.24, 2.45) is 5.92 Å². The Morgan fingerprint density at radius 1 is 1.06 bits per heavy atom. The van der Waals surface area contributed by atoms with Crippen molar-refractivity contribution in [1.29, 1.82) is 0 Å². The molecule has 2 aromatic rings. The maximum absolute atomic E-state index is 12.7. The zero-order valence-electron chi connectivity index (χ0n) is 18.5. The predicted octanol–water partition coefficient (Wildman–Crippen LogP) is 3.63. The molecule has 2 amide bonds. The smallest absolute Gasteiger partial charge is 0.407 e. The van der Waals surface area contributed by atoms with E-state index in [0.717, 1.165) is 22.3 Å². The first kappa shape index (κ1) is 23.2. The average molecular weight is 469 g/mol. The fourth-order valence-corrected chi connectivity index (χ4v) is 5.00. The molecule has 0 aliphatic heterocycles. The summed E-state index contributed by atoms with van der Waals surface area (Å²) in [5, 5.41) is 14.6. The summed E-state index contributed by atoms with van der Waals surface area (Å²) in [6, 6.07) is 15.3. The van der Waals surface area contributed by atoms with Gasteiger partial charge in [-0.25, -0.2) is 4.79 Å². The van der Waals surface area contributed by atoms with Gasteiger partial charge in [0.05, 0.1) is 5.92 Å². The van der Waals surface area contributed by atoms with Gasteiger partial charge in [-0.05, 0) is 53.5 Å². The monoisotopic (exact) mass is 468 g/mol. The molecule has 0 bridgehead atoms. The van der Waals surface area contributed by atoms with Crippen molar-refractivity contribution in [3.63, 3.8) is 0 Å². The largest absolute Gasteiger partial charge is 0.481 e. The Balaban J connectivity index is 1.35. The number of amides is 2. The molecule has 1 saturated carbocycles. The number of hydrogen-bond acceptors (Lipinski definition) is 5. The quantitative estimate of drug-likeness (QED) is 0.519. The zero-order chi connectivity index (χ0) is 23.4. The molecular formula is C25H28N2O5S.